The summed E-state index contributed by atoms with van der Waals surface area (Å²) >= 11 is 12.1. The van der Waals surface area contributed by atoms with E-state index in [-0.39, 0.29) is 11.4 Å². The highest BCUT2D eigenvalue weighted by molar-refractivity contribution is 7.89. The monoisotopic (exact) mass is 526 g/mol. The number of hydrogen-bond acceptors (Lipinski definition) is 4. The first kappa shape index (κ1) is 24.7. The van der Waals surface area contributed by atoms with E-state index in [9.17, 15) is 13.2 Å². The first-order chi connectivity index (χ1) is 16.7. The molecule has 7 nitrogen and oxygen atoms in total. The number of nitrogens with zero attached hydrogens (tertiary/aromatic N) is 2. The van der Waals surface area contributed by atoms with Crippen LogP contribution in [0.3, 0.4) is 0 Å². The zero-order chi connectivity index (χ0) is 25.0. The van der Waals surface area contributed by atoms with Crippen LogP contribution in [0.1, 0.15) is 5.56 Å². The molecule has 4 rings (SSSR count). The van der Waals surface area contributed by atoms with Crippen molar-refractivity contribution in [2.24, 2.45) is 5.73 Å². The molecule has 0 spiro atoms. The average Bonchev–Trinajstić information content (AvgIpc) is 2.85. The summed E-state index contributed by atoms with van der Waals surface area (Å²) in [4.78, 5) is 19.0. The number of urea groups is 1. The normalized spacial score (nSPS) is 11.3. The maximum absolute atomic E-state index is 12.7. The van der Waals surface area contributed by atoms with Gasteiger partial charge in [-0.15, -0.1) is 4.83 Å². The second-order valence-corrected chi connectivity index (χ2v) is 10.1. The van der Waals surface area contributed by atoms with Crippen LogP contribution in [-0.2, 0) is 16.6 Å². The van der Waals surface area contributed by atoms with Gasteiger partial charge >= 0.3 is 6.03 Å². The smallest absolute Gasteiger partial charge is 0.330 e. The number of halogens is 2. The van der Waals surface area contributed by atoms with E-state index in [1.807, 2.05) is 30.3 Å². The van der Waals surface area contributed by atoms with Gasteiger partial charge in [-0.05, 0) is 53.6 Å². The van der Waals surface area contributed by atoms with Gasteiger partial charge in [-0.25, -0.2) is 18.2 Å². The van der Waals surface area contributed by atoms with Crippen molar-refractivity contribution in [3.63, 3.8) is 0 Å². The van der Waals surface area contributed by atoms with Crippen molar-refractivity contribution < 1.29 is 13.2 Å². The zero-order valence-corrected chi connectivity index (χ0v) is 20.6. The van der Waals surface area contributed by atoms with Crippen LogP contribution in [0.25, 0.3) is 22.4 Å². The molecule has 1 aromatic heterocycles. The number of hydrazine groups is 1. The largest absolute Gasteiger partial charge is 0.350 e. The van der Waals surface area contributed by atoms with Crippen LogP contribution >= 0.6 is 23.2 Å². The summed E-state index contributed by atoms with van der Waals surface area (Å²) in [6.07, 6.45) is 1.57. The van der Waals surface area contributed by atoms with Gasteiger partial charge in [-0.2, -0.15) is 0 Å². The molecule has 10 heteroatoms. The molecule has 0 bridgehead atoms. The van der Waals surface area contributed by atoms with Gasteiger partial charge in [0.05, 0.1) is 17.1 Å². The summed E-state index contributed by atoms with van der Waals surface area (Å²) in [7, 11) is -4.02. The predicted molar refractivity (Wildman–Crippen MR) is 137 cm³/mol. The van der Waals surface area contributed by atoms with Gasteiger partial charge in [0, 0.05) is 27.4 Å². The van der Waals surface area contributed by atoms with E-state index < -0.39 is 16.1 Å². The molecule has 3 N–H and O–H groups in total. The number of nitrogens with one attached hydrogen (secondary N) is 1. The predicted octanol–water partition coefficient (Wildman–Crippen LogP) is 5.50. The lowest BCUT2D eigenvalue weighted by molar-refractivity contribution is 0.195. The number of carbonyl (C=O) groups excluding carboxylic acids is 1. The third-order valence-electron chi connectivity index (χ3n) is 5.11. The molecule has 0 aliphatic carbocycles. The fourth-order valence-electron chi connectivity index (χ4n) is 3.42. The van der Waals surface area contributed by atoms with Crippen molar-refractivity contribution in [3.05, 3.63) is 107 Å². The van der Waals surface area contributed by atoms with Gasteiger partial charge in [0.2, 0.25) is 0 Å². The van der Waals surface area contributed by atoms with Crippen molar-refractivity contribution in [1.82, 2.24) is 14.8 Å². The van der Waals surface area contributed by atoms with E-state index in [1.165, 1.54) is 12.1 Å². The molecular weight excluding hydrogens is 507 g/mol. The van der Waals surface area contributed by atoms with Crippen molar-refractivity contribution in [2.45, 2.75) is 11.4 Å². The molecular formula is C25H20Cl2N4O3S. The van der Waals surface area contributed by atoms with Crippen LogP contribution in [0, 0.1) is 0 Å². The molecule has 0 saturated carbocycles. The fraction of sp³-hybridized carbons (Fsp3) is 0.0400. The highest BCUT2D eigenvalue weighted by Crippen LogP contribution is 2.32. The topological polar surface area (TPSA) is 105 Å². The molecule has 2 amide bonds. The van der Waals surface area contributed by atoms with E-state index in [0.717, 1.165) is 21.7 Å². The number of sulfonamides is 1. The third-order valence-corrected chi connectivity index (χ3v) is 6.97. The van der Waals surface area contributed by atoms with E-state index in [4.69, 9.17) is 28.9 Å². The summed E-state index contributed by atoms with van der Waals surface area (Å²) in [6.45, 7) is -0.143. The van der Waals surface area contributed by atoms with Crippen LogP contribution in [0.5, 0.6) is 0 Å². The van der Waals surface area contributed by atoms with Crippen LogP contribution in [0.15, 0.2) is 96.0 Å². The zero-order valence-electron chi connectivity index (χ0n) is 18.2. The standard InChI is InChI=1S/C25H20Cl2N4O3S/c26-20-10-6-18(7-11-20)23-14-17(15-29-24(23)19-8-12-21(27)13-9-19)16-31(25(28)32)30-35(33,34)22-4-2-1-3-5-22/h1-15,30H,16H2,(H2,28,32). The van der Waals surface area contributed by atoms with E-state index in [0.29, 0.717) is 21.3 Å². The summed E-state index contributed by atoms with van der Waals surface area (Å²) in [6, 6.07) is 23.0. The Hall–Kier alpha value is -3.43. The Balaban J connectivity index is 1.71. The van der Waals surface area contributed by atoms with E-state index in [1.54, 1.807) is 48.7 Å². The van der Waals surface area contributed by atoms with Gasteiger partial charge in [0.1, 0.15) is 0 Å². The number of primary amides is 1. The molecule has 4 aromatic rings. The minimum absolute atomic E-state index is 0.00400. The van der Waals surface area contributed by atoms with Crippen molar-refractivity contribution in [2.75, 3.05) is 0 Å². The molecule has 0 fully saturated rings. The molecule has 178 valence electrons. The molecule has 35 heavy (non-hydrogen) atoms. The number of carbonyl (C=O) groups is 1. The van der Waals surface area contributed by atoms with Crippen LogP contribution in [0.4, 0.5) is 4.79 Å². The first-order valence-electron chi connectivity index (χ1n) is 10.4. The number of benzene rings is 3. The fourth-order valence-corrected chi connectivity index (χ4v) is 4.73. The summed E-state index contributed by atoms with van der Waals surface area (Å²) in [5, 5.41) is 2.01. The van der Waals surface area contributed by atoms with Crippen molar-refractivity contribution >= 4 is 39.3 Å². The number of rotatable bonds is 7. The lowest BCUT2D eigenvalue weighted by Gasteiger charge is -2.22. The summed E-state index contributed by atoms with van der Waals surface area (Å²) in [5.74, 6) is 0. The van der Waals surface area contributed by atoms with E-state index >= 15 is 0 Å². The second-order valence-electron chi connectivity index (χ2n) is 7.59. The Morgan fingerprint density at radius 2 is 1.46 bits per heavy atom. The number of pyridine rings is 1. The lowest BCUT2D eigenvalue weighted by atomic mass is 9.98. The Bertz CT molecular complexity index is 1450. The Kier molecular flexibility index (Phi) is 7.37. The highest BCUT2D eigenvalue weighted by Gasteiger charge is 2.22. The maximum atomic E-state index is 12.7. The van der Waals surface area contributed by atoms with E-state index in [2.05, 4.69) is 9.82 Å². The maximum Gasteiger partial charge on any atom is 0.330 e. The number of hydrogen-bond donors (Lipinski definition) is 2. The molecule has 3 aromatic carbocycles. The molecule has 0 radical (unpaired) electrons. The SMILES string of the molecule is NC(=O)N(Cc1cnc(-c2ccc(Cl)cc2)c(-c2ccc(Cl)cc2)c1)NS(=O)(=O)c1ccccc1. The second kappa shape index (κ2) is 10.5. The third kappa shape index (κ3) is 5.98. The van der Waals surface area contributed by atoms with Crippen LogP contribution in [-0.4, -0.2) is 24.4 Å². The van der Waals surface area contributed by atoms with Crippen LogP contribution in [0.2, 0.25) is 10.0 Å². The molecule has 0 aliphatic heterocycles. The Morgan fingerprint density at radius 1 is 0.886 bits per heavy atom. The number of nitrogens with two attached hydrogens (primary N) is 1. The van der Waals surface area contributed by atoms with Gasteiger partial charge in [0.25, 0.3) is 10.0 Å². The number of amides is 2. The minimum atomic E-state index is -4.02. The number of aromatic nitrogens is 1. The molecule has 0 saturated heterocycles. The van der Waals surface area contributed by atoms with Crippen molar-refractivity contribution in [3.8, 4) is 22.4 Å². The summed E-state index contributed by atoms with van der Waals surface area (Å²) < 4.78 is 25.4. The molecule has 1 heterocycles. The minimum Gasteiger partial charge on any atom is -0.350 e. The average molecular weight is 527 g/mol. The lowest BCUT2D eigenvalue weighted by Crippen LogP contribution is -2.48. The Morgan fingerprint density at radius 3 is 2.03 bits per heavy atom. The van der Waals surface area contributed by atoms with Gasteiger partial charge < -0.3 is 5.73 Å². The Labute approximate surface area is 213 Å². The molecule has 0 atom stereocenters. The van der Waals surface area contributed by atoms with Crippen molar-refractivity contribution in [1.29, 1.82) is 0 Å². The molecule has 0 unspecified atom stereocenters. The molecule has 0 aliphatic rings. The first-order valence-corrected chi connectivity index (χ1v) is 12.6. The quantitative estimate of drug-likeness (QED) is 0.310. The highest BCUT2D eigenvalue weighted by atomic mass is 35.5. The summed E-state index contributed by atoms with van der Waals surface area (Å²) in [5.41, 5.74) is 9.16. The van der Waals surface area contributed by atoms with Crippen LogP contribution < -0.4 is 10.6 Å². The van der Waals surface area contributed by atoms with Gasteiger partial charge in [-0.3, -0.25) is 4.98 Å². The van der Waals surface area contributed by atoms with Gasteiger partial charge in [-0.1, -0.05) is 65.7 Å². The van der Waals surface area contributed by atoms with Gasteiger partial charge in [0.15, 0.2) is 0 Å².